The van der Waals surface area contributed by atoms with Crippen molar-refractivity contribution >= 4 is 15.9 Å². The molecule has 1 atom stereocenters. The third kappa shape index (κ3) is 3.23. The second-order valence-electron chi connectivity index (χ2n) is 3.50. The van der Waals surface area contributed by atoms with Crippen molar-refractivity contribution in [2.75, 3.05) is 13.7 Å². The monoisotopic (exact) mass is 293 g/mol. The maximum absolute atomic E-state index is 13.6. The fraction of sp³-hybridized carbons (Fsp3) is 0.455. The summed E-state index contributed by atoms with van der Waals surface area (Å²) >= 11 is 3.01. The third-order valence-corrected chi connectivity index (χ3v) is 2.93. The Kier molecular flexibility index (Phi) is 5.31. The molecule has 1 aromatic carbocycles. The molecule has 1 aromatic rings. The molecule has 5 heteroatoms. The van der Waals surface area contributed by atoms with Crippen LogP contribution in [0.15, 0.2) is 16.6 Å². The van der Waals surface area contributed by atoms with Crippen molar-refractivity contribution in [3.8, 4) is 0 Å². The Morgan fingerprint density at radius 1 is 1.44 bits per heavy atom. The van der Waals surface area contributed by atoms with Gasteiger partial charge in [0.15, 0.2) is 0 Å². The van der Waals surface area contributed by atoms with Crippen molar-refractivity contribution in [2.24, 2.45) is 5.73 Å². The molecule has 0 amide bonds. The molecule has 2 N–H and O–H groups in total. The highest BCUT2D eigenvalue weighted by atomic mass is 79.9. The Hall–Kier alpha value is -0.520. The molecule has 0 fully saturated rings. The summed E-state index contributed by atoms with van der Waals surface area (Å²) in [5, 5.41) is 0. The summed E-state index contributed by atoms with van der Waals surface area (Å²) in [4.78, 5) is 0. The van der Waals surface area contributed by atoms with Crippen molar-refractivity contribution < 1.29 is 13.5 Å². The van der Waals surface area contributed by atoms with E-state index in [-0.39, 0.29) is 10.0 Å². The summed E-state index contributed by atoms with van der Waals surface area (Å²) in [6.45, 7) is 0.533. The highest BCUT2D eigenvalue weighted by molar-refractivity contribution is 9.10. The van der Waals surface area contributed by atoms with Gasteiger partial charge in [0.25, 0.3) is 0 Å². The predicted octanol–water partition coefficient (Wildman–Crippen LogP) is 3.15. The number of hydrogen-bond donors (Lipinski definition) is 1. The molecule has 0 bridgehead atoms. The fourth-order valence-corrected chi connectivity index (χ4v) is 1.82. The van der Waals surface area contributed by atoms with E-state index in [1.165, 1.54) is 12.1 Å². The minimum atomic E-state index is -0.646. The summed E-state index contributed by atoms with van der Waals surface area (Å²) in [5.74, 6) is -1.23. The molecule has 0 spiro atoms. The van der Waals surface area contributed by atoms with Gasteiger partial charge in [0.2, 0.25) is 0 Å². The smallest absolute Gasteiger partial charge is 0.145 e. The molecule has 0 heterocycles. The third-order valence-electron chi connectivity index (χ3n) is 2.31. The molecule has 0 aliphatic heterocycles. The van der Waals surface area contributed by atoms with E-state index in [2.05, 4.69) is 15.9 Å². The molecule has 0 aromatic heterocycles. The molecule has 0 saturated heterocycles. The van der Waals surface area contributed by atoms with Crippen molar-refractivity contribution in [2.45, 2.75) is 18.9 Å². The van der Waals surface area contributed by atoms with Gasteiger partial charge in [0, 0.05) is 25.3 Å². The topological polar surface area (TPSA) is 35.2 Å². The first-order valence-corrected chi connectivity index (χ1v) is 5.75. The van der Waals surface area contributed by atoms with Crippen LogP contribution in [0.5, 0.6) is 0 Å². The van der Waals surface area contributed by atoms with Gasteiger partial charge in [0.1, 0.15) is 11.6 Å². The lowest BCUT2D eigenvalue weighted by Gasteiger charge is -2.14. The lowest BCUT2D eigenvalue weighted by Crippen LogP contribution is -2.15. The molecule has 1 unspecified atom stereocenters. The lowest BCUT2D eigenvalue weighted by molar-refractivity contribution is 0.190. The van der Waals surface area contributed by atoms with Crippen LogP contribution in [-0.4, -0.2) is 13.7 Å². The number of benzene rings is 1. The van der Waals surface area contributed by atoms with E-state index in [4.69, 9.17) is 10.5 Å². The van der Waals surface area contributed by atoms with E-state index in [1.807, 2.05) is 0 Å². The maximum Gasteiger partial charge on any atom is 0.145 e. The largest absolute Gasteiger partial charge is 0.385 e. The Morgan fingerprint density at radius 2 is 2.12 bits per heavy atom. The molecule has 16 heavy (non-hydrogen) atoms. The second-order valence-corrected chi connectivity index (χ2v) is 4.35. The van der Waals surface area contributed by atoms with Gasteiger partial charge in [-0.15, -0.1) is 0 Å². The molecule has 0 aliphatic carbocycles. The minimum Gasteiger partial charge on any atom is -0.385 e. The van der Waals surface area contributed by atoms with Gasteiger partial charge in [-0.25, -0.2) is 8.78 Å². The van der Waals surface area contributed by atoms with Crippen molar-refractivity contribution in [3.05, 3.63) is 33.8 Å². The van der Waals surface area contributed by atoms with Crippen LogP contribution in [0.2, 0.25) is 0 Å². The van der Waals surface area contributed by atoms with Gasteiger partial charge >= 0.3 is 0 Å². The number of ether oxygens (including phenoxy) is 1. The number of halogens is 3. The van der Waals surface area contributed by atoms with E-state index in [1.54, 1.807) is 7.11 Å². The van der Waals surface area contributed by atoms with E-state index >= 15 is 0 Å². The van der Waals surface area contributed by atoms with Gasteiger partial charge in [-0.1, -0.05) is 0 Å². The molecular weight excluding hydrogens is 280 g/mol. The molecular formula is C11H14BrF2NO. The quantitative estimate of drug-likeness (QED) is 0.669. The van der Waals surface area contributed by atoms with E-state index in [0.717, 1.165) is 0 Å². The standard InChI is InChI=1S/C11H14BrF2NO/c1-16-6-2-3-9(15)10-8(13)5-4-7(12)11(10)14/h4-5,9H,2-3,6,15H2,1H3. The summed E-state index contributed by atoms with van der Waals surface area (Å²) < 4.78 is 32.1. The highest BCUT2D eigenvalue weighted by Crippen LogP contribution is 2.27. The molecule has 0 radical (unpaired) electrons. The van der Waals surface area contributed by atoms with Crippen LogP contribution in [0.3, 0.4) is 0 Å². The van der Waals surface area contributed by atoms with Crippen LogP contribution in [0, 0.1) is 11.6 Å². The zero-order valence-electron chi connectivity index (χ0n) is 8.97. The normalized spacial score (nSPS) is 12.8. The van der Waals surface area contributed by atoms with E-state index < -0.39 is 17.7 Å². The molecule has 90 valence electrons. The Labute approximate surface area is 102 Å². The summed E-state index contributed by atoms with van der Waals surface area (Å²) in [7, 11) is 1.58. The number of hydrogen-bond acceptors (Lipinski definition) is 2. The fourth-order valence-electron chi connectivity index (χ4n) is 1.47. The van der Waals surface area contributed by atoms with Crippen LogP contribution in [0.1, 0.15) is 24.4 Å². The second kappa shape index (κ2) is 6.27. The average Bonchev–Trinajstić information content (AvgIpc) is 2.24. The first-order valence-electron chi connectivity index (χ1n) is 4.95. The van der Waals surface area contributed by atoms with Crippen LogP contribution in [0.4, 0.5) is 8.78 Å². The van der Waals surface area contributed by atoms with Crippen molar-refractivity contribution in [1.29, 1.82) is 0 Å². The number of rotatable bonds is 5. The molecule has 1 rings (SSSR count). The average molecular weight is 294 g/mol. The highest BCUT2D eigenvalue weighted by Gasteiger charge is 2.18. The van der Waals surface area contributed by atoms with Gasteiger partial charge in [0.05, 0.1) is 4.47 Å². The molecule has 0 aliphatic rings. The summed E-state index contributed by atoms with van der Waals surface area (Å²) in [6.07, 6.45) is 1.15. The molecule has 0 saturated carbocycles. The Bertz CT molecular complexity index is 360. The van der Waals surface area contributed by atoms with Gasteiger partial charge in [-0.2, -0.15) is 0 Å². The molecule has 2 nitrogen and oxygen atoms in total. The Balaban J connectivity index is 2.81. The van der Waals surface area contributed by atoms with E-state index in [0.29, 0.717) is 19.4 Å². The van der Waals surface area contributed by atoms with Crippen LogP contribution in [-0.2, 0) is 4.74 Å². The van der Waals surface area contributed by atoms with Crippen LogP contribution in [0.25, 0.3) is 0 Å². The van der Waals surface area contributed by atoms with Gasteiger partial charge < -0.3 is 10.5 Å². The van der Waals surface area contributed by atoms with Gasteiger partial charge in [-0.3, -0.25) is 0 Å². The number of nitrogens with two attached hydrogens (primary N) is 1. The first kappa shape index (κ1) is 13.5. The maximum atomic E-state index is 13.6. The van der Waals surface area contributed by atoms with Crippen molar-refractivity contribution in [3.63, 3.8) is 0 Å². The van der Waals surface area contributed by atoms with E-state index in [9.17, 15) is 8.78 Å². The lowest BCUT2D eigenvalue weighted by atomic mass is 10.0. The zero-order valence-corrected chi connectivity index (χ0v) is 10.6. The minimum absolute atomic E-state index is 0.0644. The first-order chi connectivity index (χ1) is 7.57. The summed E-state index contributed by atoms with van der Waals surface area (Å²) in [5.41, 5.74) is 5.69. The van der Waals surface area contributed by atoms with Crippen molar-refractivity contribution in [1.82, 2.24) is 0 Å². The van der Waals surface area contributed by atoms with Crippen LogP contribution >= 0.6 is 15.9 Å². The number of methoxy groups -OCH3 is 1. The SMILES string of the molecule is COCCCC(N)c1c(F)ccc(Br)c1F. The van der Waals surface area contributed by atoms with Gasteiger partial charge in [-0.05, 0) is 40.9 Å². The predicted molar refractivity (Wildman–Crippen MR) is 62.1 cm³/mol. The van der Waals surface area contributed by atoms with Crippen LogP contribution < -0.4 is 5.73 Å². The Morgan fingerprint density at radius 3 is 2.75 bits per heavy atom. The zero-order chi connectivity index (χ0) is 12.1. The summed E-state index contributed by atoms with van der Waals surface area (Å²) in [6, 6.07) is 1.89.